The van der Waals surface area contributed by atoms with Crippen LogP contribution in [0.15, 0.2) is 24.5 Å². The molecule has 0 aliphatic carbocycles. The van der Waals surface area contributed by atoms with Gasteiger partial charge >= 0.3 is 0 Å². The summed E-state index contributed by atoms with van der Waals surface area (Å²) in [4.78, 5) is 8.11. The minimum absolute atomic E-state index is 0.794. The van der Waals surface area contributed by atoms with E-state index in [4.69, 9.17) is 33.7 Å². The van der Waals surface area contributed by atoms with E-state index < -0.39 is 0 Å². The molecule has 110 valence electrons. The third-order valence-electron chi connectivity index (χ3n) is 2.78. The molecule has 2 heterocycles. The van der Waals surface area contributed by atoms with Crippen LogP contribution in [0.4, 0.5) is 0 Å². The summed E-state index contributed by atoms with van der Waals surface area (Å²) in [6.07, 6.45) is 3.43. The lowest BCUT2D eigenvalue weighted by Gasteiger charge is -1.97. The largest absolute Gasteiger partial charge is 0.261 e. The molecular weight excluding hydrogens is 299 g/mol. The Morgan fingerprint density at radius 2 is 1.05 bits per heavy atom. The van der Waals surface area contributed by atoms with E-state index >= 15 is 0 Å². The van der Waals surface area contributed by atoms with Crippen molar-refractivity contribution in [3.8, 4) is 0 Å². The van der Waals surface area contributed by atoms with E-state index in [2.05, 4.69) is 9.97 Å². The van der Waals surface area contributed by atoms with E-state index in [-0.39, 0.29) is 0 Å². The van der Waals surface area contributed by atoms with Gasteiger partial charge in [0.05, 0.1) is 0 Å². The molecule has 0 fully saturated rings. The van der Waals surface area contributed by atoms with Gasteiger partial charge in [0.2, 0.25) is 0 Å². The van der Waals surface area contributed by atoms with Crippen LogP contribution in [-0.4, -0.2) is 20.5 Å². The van der Waals surface area contributed by atoms with Crippen molar-refractivity contribution >= 4 is 23.2 Å². The zero-order chi connectivity index (χ0) is 15.7. The first-order valence-electron chi connectivity index (χ1n) is 5.79. The zero-order valence-electron chi connectivity index (χ0n) is 11.9. The number of hydrogen-bond acceptors (Lipinski definition) is 4. The molecule has 0 radical (unpaired) electrons. The molecule has 0 aliphatic heterocycles. The van der Waals surface area contributed by atoms with Gasteiger partial charge in [-0.05, 0) is 51.0 Å². The fraction of sp³-hybridized carbons (Fsp3) is 0.286. The van der Waals surface area contributed by atoms with E-state index in [1.165, 1.54) is 0 Å². The number of aromatic nitrogens is 2. The van der Waals surface area contributed by atoms with Crippen molar-refractivity contribution in [2.75, 3.05) is 0 Å². The van der Waals surface area contributed by atoms with Crippen molar-refractivity contribution in [2.45, 2.75) is 27.7 Å². The number of aryl methyl sites for hydroxylation is 2. The van der Waals surface area contributed by atoms with Gasteiger partial charge in [-0.1, -0.05) is 23.2 Å². The fourth-order valence-electron chi connectivity index (χ4n) is 1.22. The van der Waals surface area contributed by atoms with Gasteiger partial charge in [0.15, 0.2) is 0 Å². The molecule has 0 atom stereocenters. The highest BCUT2D eigenvalue weighted by molar-refractivity contribution is 6.31. The molecule has 0 aliphatic rings. The average Bonchev–Trinajstić information content (AvgIpc) is 2.45. The molecule has 0 saturated carbocycles. The number of pyridine rings is 2. The molecule has 4 nitrogen and oxygen atoms in total. The van der Waals surface area contributed by atoms with Gasteiger partial charge in [0, 0.05) is 33.8 Å². The van der Waals surface area contributed by atoms with Crippen LogP contribution in [0.1, 0.15) is 22.5 Å². The number of nitrogens with zero attached hydrogens (tertiary/aromatic N) is 2. The molecule has 0 spiro atoms. The average molecular weight is 317 g/mol. The predicted molar refractivity (Wildman–Crippen MR) is 82.7 cm³/mol. The summed E-state index contributed by atoms with van der Waals surface area (Å²) in [6.45, 7) is 7.82. The van der Waals surface area contributed by atoms with Crippen molar-refractivity contribution in [2.24, 2.45) is 0 Å². The predicted octanol–water partition coefficient (Wildman–Crippen LogP) is 4.72. The summed E-state index contributed by atoms with van der Waals surface area (Å²) in [5.74, 6) is 0. The molecule has 20 heavy (non-hydrogen) atoms. The van der Waals surface area contributed by atoms with Crippen molar-refractivity contribution in [1.29, 1.82) is 0 Å². The first-order valence-corrected chi connectivity index (χ1v) is 6.54. The van der Waals surface area contributed by atoms with Crippen molar-refractivity contribution < 1.29 is 10.5 Å². The molecule has 0 unspecified atom stereocenters. The second-order valence-electron chi connectivity index (χ2n) is 4.01. The Labute approximate surface area is 129 Å². The molecule has 2 rings (SSSR count). The number of hydrogen-bond donors (Lipinski definition) is 2. The van der Waals surface area contributed by atoms with Gasteiger partial charge < -0.3 is 0 Å². The smallest absolute Gasteiger partial charge is 0.0468 e. The van der Waals surface area contributed by atoms with Gasteiger partial charge in [-0.15, -0.1) is 0 Å². The highest BCUT2D eigenvalue weighted by Gasteiger charge is 1.96. The summed E-state index contributed by atoms with van der Waals surface area (Å²) in [5.41, 5.74) is 4.14. The van der Waals surface area contributed by atoms with E-state index in [0.29, 0.717) is 0 Å². The Kier molecular flexibility index (Phi) is 9.08. The lowest BCUT2D eigenvalue weighted by Crippen LogP contribution is -1.84. The summed E-state index contributed by atoms with van der Waals surface area (Å²) in [7, 11) is 0. The Morgan fingerprint density at radius 1 is 0.750 bits per heavy atom. The number of rotatable bonds is 0. The van der Waals surface area contributed by atoms with Crippen LogP contribution in [0.25, 0.3) is 0 Å². The Balaban J connectivity index is 0.000000321. The van der Waals surface area contributed by atoms with Crippen LogP contribution >= 0.6 is 23.2 Å². The molecule has 0 amide bonds. The lowest BCUT2D eigenvalue weighted by molar-refractivity contribution is -0.176. The second kappa shape index (κ2) is 9.66. The molecule has 2 aromatic heterocycles. The summed E-state index contributed by atoms with van der Waals surface area (Å²) in [6, 6.07) is 3.59. The topological polar surface area (TPSA) is 66.2 Å². The Hall–Kier alpha value is -1.20. The third kappa shape index (κ3) is 5.84. The highest BCUT2D eigenvalue weighted by Crippen LogP contribution is 2.15. The normalized spacial score (nSPS) is 9.00. The van der Waals surface area contributed by atoms with Crippen molar-refractivity contribution in [3.63, 3.8) is 0 Å². The minimum Gasteiger partial charge on any atom is -0.261 e. The first-order chi connectivity index (χ1) is 9.43. The second-order valence-corrected chi connectivity index (χ2v) is 4.82. The molecule has 2 N–H and O–H groups in total. The van der Waals surface area contributed by atoms with E-state index in [1.807, 2.05) is 27.7 Å². The van der Waals surface area contributed by atoms with E-state index in [9.17, 15) is 0 Å². The van der Waals surface area contributed by atoms with Gasteiger partial charge in [0.25, 0.3) is 0 Å². The van der Waals surface area contributed by atoms with Gasteiger partial charge in [-0.3, -0.25) is 20.5 Å². The lowest BCUT2D eigenvalue weighted by atomic mass is 10.2. The van der Waals surface area contributed by atoms with Crippen molar-refractivity contribution in [3.05, 3.63) is 57.1 Å². The van der Waals surface area contributed by atoms with Crippen LogP contribution < -0.4 is 0 Å². The van der Waals surface area contributed by atoms with E-state index in [0.717, 1.165) is 32.6 Å². The summed E-state index contributed by atoms with van der Waals surface area (Å²) >= 11 is 11.5. The maximum atomic E-state index is 6.00. The maximum Gasteiger partial charge on any atom is 0.0468 e. The van der Waals surface area contributed by atoms with Crippen molar-refractivity contribution in [1.82, 2.24) is 9.97 Å². The Bertz CT molecular complexity index is 459. The summed E-state index contributed by atoms with van der Waals surface area (Å²) in [5, 5.41) is 13.6. The first kappa shape index (κ1) is 18.8. The van der Waals surface area contributed by atoms with Crippen LogP contribution in [0.2, 0.25) is 10.0 Å². The SMILES string of the molecule is Cc1nccc(Cl)c1C.Cc1nccc(Cl)c1C.OO. The van der Waals surface area contributed by atoms with Gasteiger partial charge in [-0.25, -0.2) is 0 Å². The standard InChI is InChI=1S/2C7H8ClN.H2O2/c2*1-5-6(2)9-4-3-7(5)8;1-2/h2*3-4H,1-2H3;1-2H. The minimum atomic E-state index is 0.794. The van der Waals surface area contributed by atoms with Gasteiger partial charge in [-0.2, -0.15) is 0 Å². The molecule has 0 aromatic carbocycles. The molecular formula is C14H18Cl2N2O2. The van der Waals surface area contributed by atoms with Crippen LogP contribution in [0, 0.1) is 27.7 Å². The zero-order valence-corrected chi connectivity index (χ0v) is 13.4. The fourth-order valence-corrected chi connectivity index (χ4v) is 1.60. The van der Waals surface area contributed by atoms with Crippen LogP contribution in [-0.2, 0) is 0 Å². The molecule has 2 aromatic rings. The molecule has 0 bridgehead atoms. The van der Waals surface area contributed by atoms with E-state index in [1.54, 1.807) is 24.5 Å². The molecule has 0 saturated heterocycles. The number of halogens is 2. The molecule has 6 heteroatoms. The monoisotopic (exact) mass is 316 g/mol. The van der Waals surface area contributed by atoms with Crippen LogP contribution in [0.5, 0.6) is 0 Å². The third-order valence-corrected chi connectivity index (χ3v) is 3.60. The maximum absolute atomic E-state index is 6.00. The quantitative estimate of drug-likeness (QED) is 0.545. The summed E-state index contributed by atoms with van der Waals surface area (Å²) < 4.78 is 0. The Morgan fingerprint density at radius 3 is 1.25 bits per heavy atom. The highest BCUT2D eigenvalue weighted by atomic mass is 35.5. The van der Waals surface area contributed by atoms with Crippen LogP contribution in [0.3, 0.4) is 0 Å². The van der Waals surface area contributed by atoms with Gasteiger partial charge in [0.1, 0.15) is 0 Å².